The minimum absolute atomic E-state index is 0.000870. The first-order valence-electron chi connectivity index (χ1n) is 5.57. The van der Waals surface area contributed by atoms with Crippen molar-refractivity contribution < 1.29 is 8.42 Å². The van der Waals surface area contributed by atoms with Crippen molar-refractivity contribution in [3.05, 3.63) is 11.4 Å². The first kappa shape index (κ1) is 14.7. The summed E-state index contributed by atoms with van der Waals surface area (Å²) in [4.78, 5) is 8.48. The van der Waals surface area contributed by atoms with Crippen LogP contribution in [0.2, 0.25) is 0 Å². The van der Waals surface area contributed by atoms with E-state index in [1.165, 1.54) is 7.05 Å². The van der Waals surface area contributed by atoms with Gasteiger partial charge in [-0.05, 0) is 20.9 Å². The second-order valence-corrected chi connectivity index (χ2v) is 5.84. The Balaban J connectivity index is 2.76. The van der Waals surface area contributed by atoms with Gasteiger partial charge < -0.3 is 10.6 Å². The van der Waals surface area contributed by atoms with Gasteiger partial charge in [-0.3, -0.25) is 0 Å². The maximum Gasteiger partial charge on any atom is 0.213 e. The summed E-state index contributed by atoms with van der Waals surface area (Å²) < 4.78 is 24.8. The van der Waals surface area contributed by atoms with Crippen LogP contribution in [0, 0.1) is 13.8 Å². The lowest BCUT2D eigenvalue weighted by atomic mass is 10.3. The van der Waals surface area contributed by atoms with Gasteiger partial charge >= 0.3 is 0 Å². The van der Waals surface area contributed by atoms with Gasteiger partial charge in [0.25, 0.3) is 0 Å². The van der Waals surface area contributed by atoms with Gasteiger partial charge in [-0.2, -0.15) is 0 Å². The molecule has 1 aromatic heterocycles. The second kappa shape index (κ2) is 5.96. The van der Waals surface area contributed by atoms with Crippen molar-refractivity contribution in [2.75, 3.05) is 37.0 Å². The molecular formula is C10H19N5O2S. The van der Waals surface area contributed by atoms with Crippen molar-refractivity contribution in [1.82, 2.24) is 14.7 Å². The molecule has 0 spiro atoms. The summed E-state index contributed by atoms with van der Waals surface area (Å²) in [6.07, 6.45) is 0. The van der Waals surface area contributed by atoms with E-state index in [-0.39, 0.29) is 5.75 Å². The SMILES string of the molecule is CNc1nc(C)nc(NCCS(=O)(=O)NC)c1C. The van der Waals surface area contributed by atoms with Crippen LogP contribution in [0.1, 0.15) is 11.4 Å². The fraction of sp³-hybridized carbons (Fsp3) is 0.600. The molecule has 1 aromatic rings. The van der Waals surface area contributed by atoms with E-state index in [0.717, 1.165) is 11.4 Å². The Kier molecular flexibility index (Phi) is 4.85. The molecule has 0 bridgehead atoms. The first-order chi connectivity index (χ1) is 8.39. The van der Waals surface area contributed by atoms with Crippen molar-refractivity contribution in [1.29, 1.82) is 0 Å². The van der Waals surface area contributed by atoms with Crippen LogP contribution in [0.5, 0.6) is 0 Å². The molecule has 0 aromatic carbocycles. The van der Waals surface area contributed by atoms with Crippen LogP contribution >= 0.6 is 0 Å². The average molecular weight is 273 g/mol. The van der Waals surface area contributed by atoms with Crippen molar-refractivity contribution in [2.24, 2.45) is 0 Å². The molecular weight excluding hydrogens is 254 g/mol. The minimum atomic E-state index is -3.20. The van der Waals surface area contributed by atoms with Gasteiger partial charge in [0.1, 0.15) is 17.5 Å². The standard InChI is InChI=1S/C10H19N5O2S/c1-7-9(11-3)14-8(2)15-10(7)13-5-6-18(16,17)12-4/h12H,5-6H2,1-4H3,(H2,11,13,14,15). The molecule has 0 radical (unpaired) electrons. The van der Waals surface area contributed by atoms with Crippen molar-refractivity contribution in [2.45, 2.75) is 13.8 Å². The predicted octanol–water partition coefficient (Wildman–Crippen LogP) is 0.0962. The van der Waals surface area contributed by atoms with E-state index in [9.17, 15) is 8.42 Å². The molecule has 0 aliphatic rings. The number of rotatable bonds is 6. The van der Waals surface area contributed by atoms with Gasteiger partial charge in [-0.25, -0.2) is 23.1 Å². The highest BCUT2D eigenvalue weighted by molar-refractivity contribution is 7.89. The zero-order valence-corrected chi connectivity index (χ0v) is 11.8. The molecule has 0 fully saturated rings. The molecule has 0 saturated carbocycles. The van der Waals surface area contributed by atoms with Crippen molar-refractivity contribution >= 4 is 21.7 Å². The number of hydrogen-bond donors (Lipinski definition) is 3. The maximum atomic E-state index is 11.3. The van der Waals surface area contributed by atoms with Crippen LogP contribution in [-0.2, 0) is 10.0 Å². The highest BCUT2D eigenvalue weighted by atomic mass is 32.2. The fourth-order valence-corrected chi connectivity index (χ4v) is 2.02. The number of hydrogen-bond acceptors (Lipinski definition) is 6. The molecule has 7 nitrogen and oxygen atoms in total. The Bertz CT molecular complexity index is 515. The lowest BCUT2D eigenvalue weighted by molar-refractivity contribution is 0.588. The normalized spacial score (nSPS) is 11.3. The van der Waals surface area contributed by atoms with Gasteiger partial charge in [-0.1, -0.05) is 0 Å². The molecule has 0 unspecified atom stereocenters. The monoisotopic (exact) mass is 273 g/mol. The van der Waals surface area contributed by atoms with E-state index >= 15 is 0 Å². The number of aryl methyl sites for hydroxylation is 1. The third-order valence-corrected chi connectivity index (χ3v) is 3.83. The van der Waals surface area contributed by atoms with Gasteiger partial charge in [0.2, 0.25) is 10.0 Å². The summed E-state index contributed by atoms with van der Waals surface area (Å²) in [5.74, 6) is 2.02. The number of nitrogens with zero attached hydrogens (tertiary/aromatic N) is 2. The van der Waals surface area contributed by atoms with E-state index in [4.69, 9.17) is 0 Å². The average Bonchev–Trinajstić information content (AvgIpc) is 2.33. The van der Waals surface area contributed by atoms with Gasteiger partial charge in [-0.15, -0.1) is 0 Å². The Morgan fingerprint density at radius 2 is 1.72 bits per heavy atom. The lowest BCUT2D eigenvalue weighted by Gasteiger charge is -2.12. The fourth-order valence-electron chi connectivity index (χ4n) is 1.45. The van der Waals surface area contributed by atoms with Crippen molar-refractivity contribution in [3.63, 3.8) is 0 Å². The summed E-state index contributed by atoms with van der Waals surface area (Å²) >= 11 is 0. The van der Waals surface area contributed by atoms with E-state index in [1.54, 1.807) is 14.0 Å². The van der Waals surface area contributed by atoms with Crippen LogP contribution in [-0.4, -0.2) is 44.8 Å². The van der Waals surface area contributed by atoms with Gasteiger partial charge in [0.15, 0.2) is 0 Å². The van der Waals surface area contributed by atoms with Crippen LogP contribution in [0.25, 0.3) is 0 Å². The third kappa shape index (κ3) is 3.81. The van der Waals surface area contributed by atoms with Crippen molar-refractivity contribution in [3.8, 4) is 0 Å². The molecule has 0 amide bonds. The predicted molar refractivity (Wildman–Crippen MR) is 72.4 cm³/mol. The van der Waals surface area contributed by atoms with Crippen LogP contribution < -0.4 is 15.4 Å². The number of anilines is 2. The Hall–Kier alpha value is -1.41. The Morgan fingerprint density at radius 1 is 1.11 bits per heavy atom. The molecule has 3 N–H and O–H groups in total. The molecule has 0 atom stereocenters. The largest absolute Gasteiger partial charge is 0.373 e. The summed E-state index contributed by atoms with van der Waals surface area (Å²) in [6.45, 7) is 3.96. The highest BCUT2D eigenvalue weighted by Crippen LogP contribution is 2.18. The molecule has 8 heteroatoms. The first-order valence-corrected chi connectivity index (χ1v) is 7.23. The third-order valence-electron chi connectivity index (χ3n) is 2.47. The summed E-state index contributed by atoms with van der Waals surface area (Å²) in [7, 11) is -0.0207. The smallest absolute Gasteiger partial charge is 0.213 e. The quantitative estimate of drug-likeness (QED) is 0.680. The molecule has 0 aliphatic carbocycles. The lowest BCUT2D eigenvalue weighted by Crippen LogP contribution is -2.26. The number of nitrogens with one attached hydrogen (secondary N) is 3. The van der Waals surface area contributed by atoms with Crippen LogP contribution in [0.4, 0.5) is 11.6 Å². The van der Waals surface area contributed by atoms with Gasteiger partial charge in [0, 0.05) is 19.2 Å². The molecule has 102 valence electrons. The number of sulfonamides is 1. The van der Waals surface area contributed by atoms with E-state index in [0.29, 0.717) is 18.2 Å². The molecule has 1 rings (SSSR count). The van der Waals surface area contributed by atoms with E-state index in [2.05, 4.69) is 25.3 Å². The highest BCUT2D eigenvalue weighted by Gasteiger charge is 2.10. The van der Waals surface area contributed by atoms with Crippen LogP contribution in [0.15, 0.2) is 0 Å². The topological polar surface area (TPSA) is 96.0 Å². The molecule has 1 heterocycles. The Labute approximate surface area is 107 Å². The number of aromatic nitrogens is 2. The molecule has 18 heavy (non-hydrogen) atoms. The van der Waals surface area contributed by atoms with E-state index in [1.807, 2.05) is 6.92 Å². The molecule has 0 aliphatic heterocycles. The Morgan fingerprint density at radius 3 is 2.28 bits per heavy atom. The van der Waals surface area contributed by atoms with E-state index < -0.39 is 10.0 Å². The van der Waals surface area contributed by atoms with Gasteiger partial charge in [0.05, 0.1) is 5.75 Å². The minimum Gasteiger partial charge on any atom is -0.373 e. The summed E-state index contributed by atoms with van der Waals surface area (Å²) in [5.41, 5.74) is 0.866. The summed E-state index contributed by atoms with van der Waals surface area (Å²) in [5, 5.41) is 5.98. The van der Waals surface area contributed by atoms with Crippen LogP contribution in [0.3, 0.4) is 0 Å². The second-order valence-electron chi connectivity index (χ2n) is 3.79. The molecule has 0 saturated heterocycles. The summed E-state index contributed by atoms with van der Waals surface area (Å²) in [6, 6.07) is 0. The zero-order valence-electron chi connectivity index (χ0n) is 11.0. The zero-order chi connectivity index (χ0) is 13.8. The maximum absolute atomic E-state index is 11.3.